The number of rotatable bonds is 2. The van der Waals surface area contributed by atoms with Crippen LogP contribution in [0.1, 0.15) is 12.8 Å². The standard InChI is InChI=1S/C9H13BrN4O2S/c10-7-8(11)12-5-13-9(7)14-6-2-1-3-17(15,16)4-6/h5-6H,1-4H2,(H3,11,12,13,14). The molecule has 1 saturated heterocycles. The minimum absolute atomic E-state index is 0.112. The van der Waals surface area contributed by atoms with Gasteiger partial charge >= 0.3 is 0 Å². The minimum atomic E-state index is -2.93. The zero-order valence-electron chi connectivity index (χ0n) is 9.06. The second-order valence-electron chi connectivity index (χ2n) is 4.02. The van der Waals surface area contributed by atoms with Crippen molar-refractivity contribution in [2.75, 3.05) is 22.6 Å². The van der Waals surface area contributed by atoms with E-state index in [2.05, 4.69) is 31.2 Å². The molecule has 1 aromatic heterocycles. The van der Waals surface area contributed by atoms with E-state index in [-0.39, 0.29) is 17.5 Å². The lowest BCUT2D eigenvalue weighted by Crippen LogP contribution is -2.35. The van der Waals surface area contributed by atoms with Gasteiger partial charge in [-0.05, 0) is 28.8 Å². The van der Waals surface area contributed by atoms with Gasteiger partial charge in [-0.15, -0.1) is 0 Å². The van der Waals surface area contributed by atoms with E-state index in [0.29, 0.717) is 22.5 Å². The van der Waals surface area contributed by atoms with Crippen molar-refractivity contribution in [1.29, 1.82) is 0 Å². The molecule has 0 saturated carbocycles. The predicted octanol–water partition coefficient (Wildman–Crippen LogP) is 0.810. The summed E-state index contributed by atoms with van der Waals surface area (Å²) in [5, 5.41) is 3.09. The molecule has 8 heteroatoms. The van der Waals surface area contributed by atoms with Gasteiger partial charge in [0.25, 0.3) is 0 Å². The average Bonchev–Trinajstić information content (AvgIpc) is 2.23. The summed E-state index contributed by atoms with van der Waals surface area (Å²) < 4.78 is 23.6. The van der Waals surface area contributed by atoms with Gasteiger partial charge in [0.1, 0.15) is 22.4 Å². The number of nitrogens with one attached hydrogen (secondary N) is 1. The minimum Gasteiger partial charge on any atom is -0.383 e. The fourth-order valence-corrected chi connectivity index (χ4v) is 3.77. The lowest BCUT2D eigenvalue weighted by Gasteiger charge is -2.23. The van der Waals surface area contributed by atoms with Crippen molar-refractivity contribution < 1.29 is 8.42 Å². The van der Waals surface area contributed by atoms with Gasteiger partial charge in [0.15, 0.2) is 9.84 Å². The highest BCUT2D eigenvalue weighted by molar-refractivity contribution is 9.10. The van der Waals surface area contributed by atoms with Crippen LogP contribution in [0.25, 0.3) is 0 Å². The van der Waals surface area contributed by atoms with Crippen LogP contribution in [0.2, 0.25) is 0 Å². The molecule has 6 nitrogen and oxygen atoms in total. The van der Waals surface area contributed by atoms with Crippen LogP contribution in [0.4, 0.5) is 11.6 Å². The third kappa shape index (κ3) is 3.06. The first kappa shape index (κ1) is 12.6. The van der Waals surface area contributed by atoms with Gasteiger partial charge in [-0.25, -0.2) is 18.4 Å². The van der Waals surface area contributed by atoms with E-state index in [1.807, 2.05) is 0 Å². The van der Waals surface area contributed by atoms with Gasteiger partial charge in [0.05, 0.1) is 11.5 Å². The Balaban J connectivity index is 2.13. The summed E-state index contributed by atoms with van der Waals surface area (Å²) in [6, 6.07) is -0.112. The van der Waals surface area contributed by atoms with Crippen molar-refractivity contribution in [3.05, 3.63) is 10.8 Å². The second-order valence-corrected chi connectivity index (χ2v) is 7.04. The van der Waals surface area contributed by atoms with Crippen molar-refractivity contribution in [2.45, 2.75) is 18.9 Å². The highest BCUT2D eigenvalue weighted by Gasteiger charge is 2.25. The zero-order valence-corrected chi connectivity index (χ0v) is 11.5. The summed E-state index contributed by atoms with van der Waals surface area (Å²) in [5.41, 5.74) is 5.62. The van der Waals surface area contributed by atoms with E-state index in [0.717, 1.165) is 6.42 Å². The number of nitrogens with two attached hydrogens (primary N) is 1. The number of nitrogen functional groups attached to an aromatic ring is 1. The van der Waals surface area contributed by atoms with Crippen LogP contribution in [-0.4, -0.2) is 35.9 Å². The Morgan fingerprint density at radius 2 is 2.24 bits per heavy atom. The van der Waals surface area contributed by atoms with Crippen LogP contribution in [-0.2, 0) is 9.84 Å². The third-order valence-corrected chi connectivity index (χ3v) is 5.22. The molecule has 1 atom stereocenters. The summed E-state index contributed by atoms with van der Waals surface area (Å²) in [6.07, 6.45) is 2.84. The normalized spacial score (nSPS) is 23.2. The first-order valence-electron chi connectivity index (χ1n) is 5.21. The molecular formula is C9H13BrN4O2S. The Kier molecular flexibility index (Phi) is 3.53. The molecule has 1 aromatic rings. The summed E-state index contributed by atoms with van der Waals surface area (Å²) >= 11 is 3.27. The smallest absolute Gasteiger partial charge is 0.152 e. The van der Waals surface area contributed by atoms with E-state index < -0.39 is 9.84 Å². The van der Waals surface area contributed by atoms with Gasteiger partial charge in [-0.1, -0.05) is 0 Å². The van der Waals surface area contributed by atoms with Crippen molar-refractivity contribution in [3.63, 3.8) is 0 Å². The second kappa shape index (κ2) is 4.77. The molecular weight excluding hydrogens is 308 g/mol. The van der Waals surface area contributed by atoms with Crippen molar-refractivity contribution in [1.82, 2.24) is 9.97 Å². The van der Waals surface area contributed by atoms with E-state index in [1.54, 1.807) is 0 Å². The van der Waals surface area contributed by atoms with Gasteiger partial charge < -0.3 is 11.1 Å². The van der Waals surface area contributed by atoms with Crippen LogP contribution in [0.5, 0.6) is 0 Å². The Labute approximate surface area is 108 Å². The van der Waals surface area contributed by atoms with Crippen molar-refractivity contribution in [2.24, 2.45) is 0 Å². The van der Waals surface area contributed by atoms with E-state index in [9.17, 15) is 8.42 Å². The Bertz CT molecular complexity index is 520. The van der Waals surface area contributed by atoms with E-state index in [1.165, 1.54) is 6.33 Å². The van der Waals surface area contributed by atoms with Crippen LogP contribution < -0.4 is 11.1 Å². The topological polar surface area (TPSA) is 98.0 Å². The first-order valence-corrected chi connectivity index (χ1v) is 7.82. The number of anilines is 2. The molecule has 2 rings (SSSR count). The monoisotopic (exact) mass is 320 g/mol. The third-order valence-electron chi connectivity index (χ3n) is 2.62. The average molecular weight is 321 g/mol. The molecule has 1 unspecified atom stereocenters. The molecule has 1 fully saturated rings. The number of aromatic nitrogens is 2. The zero-order chi connectivity index (χ0) is 12.5. The quantitative estimate of drug-likeness (QED) is 0.836. The maximum atomic E-state index is 11.5. The summed E-state index contributed by atoms with van der Waals surface area (Å²) in [7, 11) is -2.93. The lowest BCUT2D eigenvalue weighted by molar-refractivity contribution is 0.561. The summed E-state index contributed by atoms with van der Waals surface area (Å²) in [6.45, 7) is 0. The number of sulfone groups is 1. The molecule has 3 N–H and O–H groups in total. The molecule has 0 aromatic carbocycles. The Hall–Kier alpha value is -0.890. The SMILES string of the molecule is Nc1ncnc(NC2CCCS(=O)(=O)C2)c1Br. The maximum absolute atomic E-state index is 11.5. The molecule has 94 valence electrons. The number of nitrogens with zero attached hydrogens (tertiary/aromatic N) is 2. The number of halogens is 1. The molecule has 1 aliphatic rings. The molecule has 0 aliphatic carbocycles. The summed E-state index contributed by atoms with van der Waals surface area (Å²) in [5.74, 6) is 1.29. The van der Waals surface area contributed by atoms with Crippen molar-refractivity contribution >= 4 is 37.4 Å². The Morgan fingerprint density at radius 1 is 1.47 bits per heavy atom. The van der Waals surface area contributed by atoms with Crippen LogP contribution >= 0.6 is 15.9 Å². The molecule has 0 bridgehead atoms. The molecule has 0 amide bonds. The number of hydrogen-bond donors (Lipinski definition) is 2. The largest absolute Gasteiger partial charge is 0.383 e. The fourth-order valence-electron chi connectivity index (χ4n) is 1.81. The van der Waals surface area contributed by atoms with Crippen LogP contribution in [0.15, 0.2) is 10.8 Å². The van der Waals surface area contributed by atoms with Crippen LogP contribution in [0.3, 0.4) is 0 Å². The summed E-state index contributed by atoms with van der Waals surface area (Å²) in [4.78, 5) is 7.86. The van der Waals surface area contributed by atoms with Gasteiger partial charge in [-0.3, -0.25) is 0 Å². The molecule has 0 radical (unpaired) electrons. The lowest BCUT2D eigenvalue weighted by atomic mass is 10.2. The maximum Gasteiger partial charge on any atom is 0.152 e. The van der Waals surface area contributed by atoms with Gasteiger partial charge in [-0.2, -0.15) is 0 Å². The first-order chi connectivity index (χ1) is 7.98. The molecule has 0 spiro atoms. The Morgan fingerprint density at radius 3 is 2.94 bits per heavy atom. The highest BCUT2D eigenvalue weighted by Crippen LogP contribution is 2.26. The fraction of sp³-hybridized carbons (Fsp3) is 0.556. The highest BCUT2D eigenvalue weighted by atomic mass is 79.9. The predicted molar refractivity (Wildman–Crippen MR) is 69.4 cm³/mol. The molecule has 2 heterocycles. The van der Waals surface area contributed by atoms with Crippen LogP contribution in [0, 0.1) is 0 Å². The van der Waals surface area contributed by atoms with E-state index in [4.69, 9.17) is 5.73 Å². The van der Waals surface area contributed by atoms with Crippen molar-refractivity contribution in [3.8, 4) is 0 Å². The number of hydrogen-bond acceptors (Lipinski definition) is 6. The van der Waals surface area contributed by atoms with Gasteiger partial charge in [0.2, 0.25) is 0 Å². The van der Waals surface area contributed by atoms with Gasteiger partial charge in [0, 0.05) is 6.04 Å². The molecule has 1 aliphatic heterocycles. The molecule has 17 heavy (non-hydrogen) atoms. The van der Waals surface area contributed by atoms with E-state index >= 15 is 0 Å².